The van der Waals surface area contributed by atoms with Crippen LogP contribution in [0.3, 0.4) is 0 Å². The summed E-state index contributed by atoms with van der Waals surface area (Å²) in [6.07, 6.45) is 40.4. The van der Waals surface area contributed by atoms with Crippen LogP contribution in [0.4, 0.5) is 0 Å². The molecule has 0 aliphatic rings. The van der Waals surface area contributed by atoms with Crippen molar-refractivity contribution in [1.29, 1.82) is 0 Å². The van der Waals surface area contributed by atoms with Crippen molar-refractivity contribution in [3.8, 4) is 0 Å². The van der Waals surface area contributed by atoms with Gasteiger partial charge in [0.25, 0.3) is 0 Å². The number of halogens is 1. The molecule has 0 aromatic rings. The highest BCUT2D eigenvalue weighted by Crippen LogP contribution is 2.14. The largest absolute Gasteiger partial charge is 0.462 e. The van der Waals surface area contributed by atoms with E-state index in [0.29, 0.717) is 17.3 Å². The van der Waals surface area contributed by atoms with Gasteiger partial charge in [0.05, 0.1) is 0 Å². The van der Waals surface area contributed by atoms with E-state index in [1.807, 2.05) is 0 Å². The van der Waals surface area contributed by atoms with E-state index >= 15 is 0 Å². The quantitative estimate of drug-likeness (QED) is 0.0237. The predicted octanol–water partition coefficient (Wildman–Crippen LogP) is 11.9. The lowest BCUT2D eigenvalue weighted by Gasteiger charge is -2.15. The molecule has 0 rings (SSSR count). The van der Waals surface area contributed by atoms with Gasteiger partial charge in [0, 0.05) is 17.3 Å². The van der Waals surface area contributed by atoms with Gasteiger partial charge < -0.3 is 9.47 Å². The molecule has 0 unspecified atom stereocenters. The number of ether oxygens (including phenoxy) is 2. The molecule has 0 amide bonds. The summed E-state index contributed by atoms with van der Waals surface area (Å²) in [6, 6.07) is 0. The number of rotatable bonds is 31. The average Bonchev–Trinajstić information content (AvgIpc) is 2.99. The van der Waals surface area contributed by atoms with Gasteiger partial charge in [-0.1, -0.05) is 169 Å². The highest BCUT2D eigenvalue weighted by atomic mass is 127. The summed E-state index contributed by atoms with van der Waals surface area (Å²) >= 11 is 2.19. The molecule has 0 aromatic heterocycles. The number of allylic oxidation sites excluding steroid dienone is 6. The molecule has 0 spiro atoms. The SMILES string of the molecule is CC/C=C\C/C=C\C/C=C\CCCCCCCC(=O)O[C@@H](CI)COC(=O)CCCCCCCCCCCCCCC. The summed E-state index contributed by atoms with van der Waals surface area (Å²) in [4.78, 5) is 24.3. The van der Waals surface area contributed by atoms with Crippen LogP contribution in [0.15, 0.2) is 36.5 Å². The van der Waals surface area contributed by atoms with Crippen LogP contribution in [0.1, 0.15) is 168 Å². The van der Waals surface area contributed by atoms with E-state index in [1.165, 1.54) is 83.5 Å². The van der Waals surface area contributed by atoms with Crippen LogP contribution in [-0.4, -0.2) is 29.1 Å². The fourth-order valence-electron chi connectivity index (χ4n) is 4.79. The van der Waals surface area contributed by atoms with Crippen LogP contribution in [0.2, 0.25) is 0 Å². The molecule has 0 saturated heterocycles. The minimum atomic E-state index is -0.344. The van der Waals surface area contributed by atoms with Gasteiger partial charge in [-0.15, -0.1) is 0 Å². The van der Waals surface area contributed by atoms with Crippen LogP contribution >= 0.6 is 22.6 Å². The van der Waals surface area contributed by atoms with Crippen molar-refractivity contribution in [2.45, 2.75) is 174 Å². The molecule has 1 atom stereocenters. The van der Waals surface area contributed by atoms with Gasteiger partial charge in [-0.05, 0) is 44.9 Å². The first kappa shape index (κ1) is 40.9. The molecule has 0 aliphatic carbocycles. The van der Waals surface area contributed by atoms with Crippen molar-refractivity contribution in [3.63, 3.8) is 0 Å². The molecule has 0 radical (unpaired) electrons. The Morgan fingerprint density at radius 1 is 0.571 bits per heavy atom. The molecule has 0 heterocycles. The maximum atomic E-state index is 12.2. The van der Waals surface area contributed by atoms with E-state index in [2.05, 4.69) is 72.9 Å². The van der Waals surface area contributed by atoms with Crippen molar-refractivity contribution in [2.75, 3.05) is 11.0 Å². The smallest absolute Gasteiger partial charge is 0.306 e. The Morgan fingerprint density at radius 2 is 1.02 bits per heavy atom. The molecule has 0 N–H and O–H groups in total. The third kappa shape index (κ3) is 31.8. The van der Waals surface area contributed by atoms with Gasteiger partial charge in [-0.2, -0.15) is 0 Å². The summed E-state index contributed by atoms with van der Waals surface area (Å²) in [6.45, 7) is 4.59. The van der Waals surface area contributed by atoms with Crippen LogP contribution in [0.5, 0.6) is 0 Å². The zero-order chi connectivity index (χ0) is 30.8. The first-order chi connectivity index (χ1) is 20.6. The molecule has 0 saturated carbocycles. The second-order valence-electron chi connectivity index (χ2n) is 11.5. The summed E-state index contributed by atoms with van der Waals surface area (Å²) in [7, 11) is 0. The summed E-state index contributed by atoms with van der Waals surface area (Å²) in [5.41, 5.74) is 0. The van der Waals surface area contributed by atoms with Crippen LogP contribution < -0.4 is 0 Å². The van der Waals surface area contributed by atoms with Crippen molar-refractivity contribution in [2.24, 2.45) is 0 Å². The van der Waals surface area contributed by atoms with Gasteiger partial charge in [-0.25, -0.2) is 0 Å². The van der Waals surface area contributed by atoms with Gasteiger partial charge in [0.1, 0.15) is 12.7 Å². The molecule has 0 bridgehead atoms. The lowest BCUT2D eigenvalue weighted by atomic mass is 10.0. The second kappa shape index (κ2) is 34.4. The Balaban J connectivity index is 3.60. The molecule has 4 nitrogen and oxygen atoms in total. The number of unbranched alkanes of at least 4 members (excludes halogenated alkanes) is 17. The minimum Gasteiger partial charge on any atom is -0.462 e. The number of hydrogen-bond acceptors (Lipinski definition) is 4. The first-order valence-electron chi connectivity index (χ1n) is 17.5. The van der Waals surface area contributed by atoms with Gasteiger partial charge in [0.2, 0.25) is 0 Å². The number of alkyl halides is 1. The fourth-order valence-corrected chi connectivity index (χ4v) is 5.22. The topological polar surface area (TPSA) is 52.6 Å². The normalized spacial score (nSPS) is 12.5. The third-order valence-corrected chi connectivity index (χ3v) is 8.40. The molecule has 0 aliphatic heterocycles. The molecule has 0 fully saturated rings. The minimum absolute atomic E-state index is 0.171. The predicted molar refractivity (Wildman–Crippen MR) is 189 cm³/mol. The Kier molecular flexibility index (Phi) is 33.5. The fraction of sp³-hybridized carbons (Fsp3) is 0.784. The number of esters is 2. The van der Waals surface area contributed by atoms with Crippen molar-refractivity contribution < 1.29 is 19.1 Å². The summed E-state index contributed by atoms with van der Waals surface area (Å²) in [5.74, 6) is -0.347. The van der Waals surface area contributed by atoms with E-state index in [9.17, 15) is 9.59 Å². The van der Waals surface area contributed by atoms with E-state index in [4.69, 9.17) is 9.47 Å². The van der Waals surface area contributed by atoms with Gasteiger partial charge in [-0.3, -0.25) is 9.59 Å². The molecule has 244 valence electrons. The van der Waals surface area contributed by atoms with Gasteiger partial charge >= 0.3 is 11.9 Å². The van der Waals surface area contributed by atoms with E-state index in [-0.39, 0.29) is 24.6 Å². The van der Waals surface area contributed by atoms with E-state index in [0.717, 1.165) is 57.8 Å². The third-order valence-electron chi connectivity index (χ3n) is 7.42. The first-order valence-corrected chi connectivity index (χ1v) is 19.0. The Hall–Kier alpha value is -1.11. The highest BCUT2D eigenvalue weighted by molar-refractivity contribution is 14.1. The Morgan fingerprint density at radius 3 is 1.55 bits per heavy atom. The van der Waals surface area contributed by atoms with Crippen molar-refractivity contribution in [1.82, 2.24) is 0 Å². The maximum absolute atomic E-state index is 12.2. The van der Waals surface area contributed by atoms with Crippen LogP contribution in [0.25, 0.3) is 0 Å². The number of carbonyl (C=O) groups excluding carboxylic acids is 2. The molecular weight excluding hydrogens is 635 g/mol. The highest BCUT2D eigenvalue weighted by Gasteiger charge is 2.15. The van der Waals surface area contributed by atoms with Gasteiger partial charge in [0.15, 0.2) is 0 Å². The number of hydrogen-bond donors (Lipinski definition) is 0. The maximum Gasteiger partial charge on any atom is 0.306 e. The zero-order valence-electron chi connectivity index (χ0n) is 27.4. The van der Waals surface area contributed by atoms with Crippen LogP contribution in [-0.2, 0) is 19.1 Å². The number of carbonyl (C=O) groups is 2. The lowest BCUT2D eigenvalue weighted by molar-refractivity contribution is -0.157. The van der Waals surface area contributed by atoms with Crippen LogP contribution in [0, 0.1) is 0 Å². The Bertz CT molecular complexity index is 685. The molecule has 0 aromatic carbocycles. The van der Waals surface area contributed by atoms with Crippen molar-refractivity contribution in [3.05, 3.63) is 36.5 Å². The monoisotopic (exact) mass is 700 g/mol. The van der Waals surface area contributed by atoms with Crippen molar-refractivity contribution >= 4 is 34.5 Å². The second-order valence-corrected chi connectivity index (χ2v) is 12.4. The molecule has 42 heavy (non-hydrogen) atoms. The standard InChI is InChI=1S/C37H65IO4/c1-3-5-7-9-11-13-15-17-18-20-22-24-26-28-30-32-37(40)42-35(33-38)34-41-36(39)31-29-27-25-23-21-19-16-14-12-10-8-6-4-2/h5,7,11,13,17-18,35H,3-4,6,8-10,12,14-16,19-34H2,1-2H3/b7-5-,13-11-,18-17-/t35-/m0/s1. The molecular formula is C37H65IO4. The van der Waals surface area contributed by atoms with E-state index in [1.54, 1.807) is 0 Å². The zero-order valence-corrected chi connectivity index (χ0v) is 29.6. The van der Waals surface area contributed by atoms with E-state index < -0.39 is 0 Å². The average molecular weight is 701 g/mol. The lowest BCUT2D eigenvalue weighted by Crippen LogP contribution is -2.26. The summed E-state index contributed by atoms with van der Waals surface area (Å²) in [5, 5.41) is 0. The Labute approximate surface area is 274 Å². The molecule has 5 heteroatoms. The summed E-state index contributed by atoms with van der Waals surface area (Å²) < 4.78 is 11.6.